The average Bonchev–Trinajstić information content (AvgIpc) is 2.93. The molecule has 9 heteroatoms. The van der Waals surface area contributed by atoms with Gasteiger partial charge in [0.1, 0.15) is 5.60 Å². The van der Waals surface area contributed by atoms with E-state index in [2.05, 4.69) is 22.2 Å². The lowest BCUT2D eigenvalue weighted by Gasteiger charge is -2.23. The molecule has 0 saturated carbocycles. The van der Waals surface area contributed by atoms with Gasteiger partial charge in [0.15, 0.2) is 0 Å². The molecule has 1 aliphatic rings. The second-order valence-corrected chi connectivity index (χ2v) is 9.21. The predicted molar refractivity (Wildman–Crippen MR) is 136 cm³/mol. The van der Waals surface area contributed by atoms with E-state index in [9.17, 15) is 14.4 Å². The van der Waals surface area contributed by atoms with E-state index < -0.39 is 29.7 Å². The van der Waals surface area contributed by atoms with Gasteiger partial charge in [0.2, 0.25) is 12.1 Å². The number of rotatable bonds is 5. The number of benzodiazepines with no additional fused rings is 1. The SMILES string of the molecule is CN1C(=O)C(NC(=O)OC(C)(C)C)N=C(c2ccccc2)c2cc(C#CCCCC(=O)NO)ccc21. The molecular weight excluding hydrogens is 460 g/mol. The van der Waals surface area contributed by atoms with Crippen molar-refractivity contribution >= 4 is 29.3 Å². The smallest absolute Gasteiger partial charge is 0.409 e. The molecule has 0 fully saturated rings. The molecule has 2 aromatic carbocycles. The van der Waals surface area contributed by atoms with E-state index in [0.29, 0.717) is 35.4 Å². The molecule has 3 rings (SSSR count). The molecule has 188 valence electrons. The summed E-state index contributed by atoms with van der Waals surface area (Å²) in [6.45, 7) is 5.23. The summed E-state index contributed by atoms with van der Waals surface area (Å²) in [6, 6.07) is 14.8. The maximum absolute atomic E-state index is 13.3. The number of hydroxylamine groups is 1. The Bertz CT molecular complexity index is 1220. The molecule has 0 aromatic heterocycles. The number of fused-ring (bicyclic) bond motifs is 1. The summed E-state index contributed by atoms with van der Waals surface area (Å²) >= 11 is 0. The van der Waals surface area contributed by atoms with Crippen molar-refractivity contribution in [2.75, 3.05) is 11.9 Å². The molecule has 0 aliphatic carbocycles. The average molecular weight is 491 g/mol. The minimum Gasteiger partial charge on any atom is -0.444 e. The van der Waals surface area contributed by atoms with Crippen molar-refractivity contribution < 1.29 is 24.3 Å². The number of ether oxygens (including phenoxy) is 1. The highest BCUT2D eigenvalue weighted by atomic mass is 16.6. The Morgan fingerprint density at radius 3 is 2.56 bits per heavy atom. The number of amides is 3. The Morgan fingerprint density at radius 1 is 1.17 bits per heavy atom. The molecule has 0 saturated heterocycles. The number of hydrogen-bond acceptors (Lipinski definition) is 6. The summed E-state index contributed by atoms with van der Waals surface area (Å²) in [7, 11) is 1.63. The van der Waals surface area contributed by atoms with Crippen LogP contribution in [0, 0.1) is 11.8 Å². The fourth-order valence-corrected chi connectivity index (χ4v) is 3.55. The first-order chi connectivity index (χ1) is 17.1. The third kappa shape index (κ3) is 6.93. The quantitative estimate of drug-likeness (QED) is 0.257. The molecular formula is C27H30N4O5. The van der Waals surface area contributed by atoms with Gasteiger partial charge in [-0.05, 0) is 45.4 Å². The number of carbonyl (C=O) groups excluding carboxylic acids is 3. The zero-order valence-electron chi connectivity index (χ0n) is 20.8. The molecule has 0 spiro atoms. The van der Waals surface area contributed by atoms with Crippen LogP contribution in [0.5, 0.6) is 0 Å². The third-order valence-electron chi connectivity index (χ3n) is 5.20. The van der Waals surface area contributed by atoms with Gasteiger partial charge in [-0.1, -0.05) is 42.2 Å². The van der Waals surface area contributed by atoms with Crippen LogP contribution in [-0.2, 0) is 14.3 Å². The van der Waals surface area contributed by atoms with Crippen LogP contribution in [0.2, 0.25) is 0 Å². The van der Waals surface area contributed by atoms with E-state index in [1.807, 2.05) is 36.4 Å². The van der Waals surface area contributed by atoms with Crippen LogP contribution in [-0.4, -0.2) is 47.6 Å². The lowest BCUT2D eigenvalue weighted by Crippen LogP contribution is -2.47. The second kappa shape index (κ2) is 11.5. The highest BCUT2D eigenvalue weighted by Gasteiger charge is 2.32. The first-order valence-corrected chi connectivity index (χ1v) is 11.6. The summed E-state index contributed by atoms with van der Waals surface area (Å²) in [5.74, 6) is 5.25. The van der Waals surface area contributed by atoms with Crippen molar-refractivity contribution in [3.63, 3.8) is 0 Å². The van der Waals surface area contributed by atoms with Crippen LogP contribution in [0.15, 0.2) is 53.5 Å². The maximum Gasteiger partial charge on any atom is 0.409 e. The molecule has 1 unspecified atom stereocenters. The highest BCUT2D eigenvalue weighted by Crippen LogP contribution is 2.28. The third-order valence-corrected chi connectivity index (χ3v) is 5.20. The van der Waals surface area contributed by atoms with Crippen molar-refractivity contribution in [2.24, 2.45) is 4.99 Å². The molecule has 9 nitrogen and oxygen atoms in total. The van der Waals surface area contributed by atoms with Gasteiger partial charge in [-0.15, -0.1) is 0 Å². The van der Waals surface area contributed by atoms with Crippen molar-refractivity contribution in [3.8, 4) is 11.8 Å². The van der Waals surface area contributed by atoms with Crippen LogP contribution < -0.4 is 15.7 Å². The minimum atomic E-state index is -1.18. The number of aliphatic imine (C=N–C) groups is 1. The van der Waals surface area contributed by atoms with Gasteiger partial charge in [-0.2, -0.15) is 0 Å². The van der Waals surface area contributed by atoms with Crippen LogP contribution in [0.4, 0.5) is 10.5 Å². The van der Waals surface area contributed by atoms with E-state index in [1.165, 1.54) is 4.90 Å². The topological polar surface area (TPSA) is 120 Å². The van der Waals surface area contributed by atoms with E-state index in [-0.39, 0.29) is 6.42 Å². The lowest BCUT2D eigenvalue weighted by molar-refractivity contribution is -0.129. The van der Waals surface area contributed by atoms with Crippen LogP contribution in [0.1, 0.15) is 56.7 Å². The number of nitrogens with one attached hydrogen (secondary N) is 2. The first kappa shape index (κ1) is 26.4. The summed E-state index contributed by atoms with van der Waals surface area (Å²) < 4.78 is 5.34. The van der Waals surface area contributed by atoms with Gasteiger partial charge in [0.05, 0.1) is 11.4 Å². The molecule has 1 atom stereocenters. The Balaban J connectivity index is 1.98. The van der Waals surface area contributed by atoms with E-state index in [4.69, 9.17) is 9.94 Å². The number of unbranched alkanes of at least 4 members (excludes halogenated alkanes) is 1. The number of benzene rings is 2. The summed E-state index contributed by atoms with van der Waals surface area (Å²) in [4.78, 5) is 43.0. The number of alkyl carbamates (subject to hydrolysis) is 1. The first-order valence-electron chi connectivity index (χ1n) is 11.6. The Morgan fingerprint density at radius 2 is 1.89 bits per heavy atom. The monoisotopic (exact) mass is 490 g/mol. The Kier molecular flexibility index (Phi) is 8.46. The molecule has 0 radical (unpaired) electrons. The number of nitrogens with zero attached hydrogens (tertiary/aromatic N) is 2. The Labute approximate surface area is 210 Å². The molecule has 36 heavy (non-hydrogen) atoms. The van der Waals surface area contributed by atoms with E-state index in [0.717, 1.165) is 5.56 Å². The van der Waals surface area contributed by atoms with E-state index >= 15 is 0 Å². The van der Waals surface area contributed by atoms with Gasteiger partial charge < -0.3 is 9.64 Å². The molecule has 0 bridgehead atoms. The molecule has 1 aliphatic heterocycles. The standard InChI is InChI=1S/C27H30N4O5/c1-27(2,3)36-26(34)29-24-25(33)31(4)21-16-15-18(11-7-5-10-14-22(32)30-35)17-20(21)23(28-24)19-12-8-6-9-13-19/h6,8-9,12-13,15-17,24,35H,5,10,14H2,1-4H3,(H,29,34)(H,30,32). The van der Waals surface area contributed by atoms with Crippen molar-refractivity contribution in [3.05, 3.63) is 65.2 Å². The lowest BCUT2D eigenvalue weighted by atomic mass is 9.98. The number of anilines is 1. The Hall–Kier alpha value is -4.16. The second-order valence-electron chi connectivity index (χ2n) is 9.21. The highest BCUT2D eigenvalue weighted by molar-refractivity contribution is 6.20. The molecule has 1 heterocycles. The van der Waals surface area contributed by atoms with Gasteiger partial charge in [0.25, 0.3) is 5.91 Å². The van der Waals surface area contributed by atoms with Crippen molar-refractivity contribution in [1.29, 1.82) is 0 Å². The number of likely N-dealkylation sites (N-methyl/N-ethyl adjacent to an activating group) is 1. The van der Waals surface area contributed by atoms with Gasteiger partial charge in [-0.25, -0.2) is 15.3 Å². The van der Waals surface area contributed by atoms with Crippen LogP contribution in [0.3, 0.4) is 0 Å². The van der Waals surface area contributed by atoms with E-state index in [1.54, 1.807) is 45.4 Å². The van der Waals surface area contributed by atoms with Crippen molar-refractivity contribution in [1.82, 2.24) is 10.8 Å². The summed E-state index contributed by atoms with van der Waals surface area (Å²) in [6.07, 6.45) is -0.753. The minimum absolute atomic E-state index is 0.180. The maximum atomic E-state index is 13.3. The normalized spacial score (nSPS) is 15.0. The van der Waals surface area contributed by atoms with Crippen LogP contribution >= 0.6 is 0 Å². The number of hydrogen-bond donors (Lipinski definition) is 3. The van der Waals surface area contributed by atoms with Crippen LogP contribution in [0.25, 0.3) is 0 Å². The molecule has 3 amide bonds. The van der Waals surface area contributed by atoms with Gasteiger partial charge >= 0.3 is 6.09 Å². The predicted octanol–water partition coefficient (Wildman–Crippen LogP) is 3.38. The summed E-state index contributed by atoms with van der Waals surface area (Å²) in [5, 5.41) is 11.2. The van der Waals surface area contributed by atoms with Gasteiger partial charge in [-0.3, -0.25) is 20.1 Å². The fourth-order valence-electron chi connectivity index (χ4n) is 3.55. The zero-order chi connectivity index (χ0) is 26.3. The fraction of sp³-hybridized carbons (Fsp3) is 0.333. The largest absolute Gasteiger partial charge is 0.444 e. The number of carbonyl (C=O) groups is 3. The van der Waals surface area contributed by atoms with Crippen molar-refractivity contribution in [2.45, 2.75) is 51.8 Å². The van der Waals surface area contributed by atoms with Gasteiger partial charge in [0, 0.05) is 36.6 Å². The summed E-state index contributed by atoms with van der Waals surface area (Å²) in [5.41, 5.74) is 4.21. The molecule has 3 N–H and O–H groups in total. The molecule has 2 aromatic rings. The zero-order valence-corrected chi connectivity index (χ0v) is 20.8.